The summed E-state index contributed by atoms with van der Waals surface area (Å²) >= 11 is 0. The van der Waals surface area contributed by atoms with Crippen molar-refractivity contribution in [3.63, 3.8) is 0 Å². The first-order valence-electron chi connectivity index (χ1n) is 7.54. The van der Waals surface area contributed by atoms with E-state index in [9.17, 15) is 0 Å². The summed E-state index contributed by atoms with van der Waals surface area (Å²) in [6.07, 6.45) is 6.19. The summed E-state index contributed by atoms with van der Waals surface area (Å²) in [4.78, 5) is 0. The van der Waals surface area contributed by atoms with E-state index < -0.39 is 0 Å². The Balaban J connectivity index is 1.84. The molecule has 2 nitrogen and oxygen atoms in total. The normalized spacial score (nSPS) is 15.5. The van der Waals surface area contributed by atoms with Crippen molar-refractivity contribution in [2.75, 3.05) is 0 Å². The van der Waals surface area contributed by atoms with E-state index in [2.05, 4.69) is 54.2 Å². The van der Waals surface area contributed by atoms with E-state index in [-0.39, 0.29) is 0 Å². The van der Waals surface area contributed by atoms with Gasteiger partial charge in [0.1, 0.15) is 0 Å². The molecule has 1 fully saturated rings. The Hall–Kier alpha value is -1.28. The molecular formula is C17H24N2. The van der Waals surface area contributed by atoms with Gasteiger partial charge in [-0.2, -0.15) is 0 Å². The van der Waals surface area contributed by atoms with Gasteiger partial charge in [0.05, 0.1) is 5.52 Å². The van der Waals surface area contributed by atoms with Crippen LogP contribution in [0.2, 0.25) is 0 Å². The quantitative estimate of drug-likeness (QED) is 0.828. The van der Waals surface area contributed by atoms with Crippen molar-refractivity contribution in [1.29, 1.82) is 0 Å². The van der Waals surface area contributed by atoms with Gasteiger partial charge in [0, 0.05) is 25.3 Å². The smallest absolute Gasteiger partial charge is 0.0525 e. The predicted molar refractivity (Wildman–Crippen MR) is 81.3 cm³/mol. The fourth-order valence-corrected chi connectivity index (χ4v) is 2.61. The van der Waals surface area contributed by atoms with Crippen LogP contribution in [-0.2, 0) is 13.1 Å². The summed E-state index contributed by atoms with van der Waals surface area (Å²) in [6, 6.07) is 9.69. The summed E-state index contributed by atoms with van der Waals surface area (Å²) in [6.45, 7) is 6.72. The first-order valence-corrected chi connectivity index (χ1v) is 7.54. The number of para-hydroxylation sites is 1. The van der Waals surface area contributed by atoms with Gasteiger partial charge in [-0.25, -0.2) is 0 Å². The number of nitrogens with one attached hydrogen (secondary N) is 1. The Morgan fingerprint density at radius 1 is 1.26 bits per heavy atom. The van der Waals surface area contributed by atoms with E-state index in [1.807, 2.05) is 0 Å². The maximum atomic E-state index is 3.63. The first-order chi connectivity index (χ1) is 9.24. The maximum absolute atomic E-state index is 3.63. The molecule has 0 radical (unpaired) electrons. The number of hydrogen-bond donors (Lipinski definition) is 1. The van der Waals surface area contributed by atoms with Gasteiger partial charge in [-0.05, 0) is 42.2 Å². The minimum absolute atomic E-state index is 0.759. The van der Waals surface area contributed by atoms with Crippen molar-refractivity contribution in [2.24, 2.45) is 5.92 Å². The topological polar surface area (TPSA) is 17.0 Å². The van der Waals surface area contributed by atoms with Crippen LogP contribution in [0.5, 0.6) is 0 Å². The van der Waals surface area contributed by atoms with Gasteiger partial charge in [0.2, 0.25) is 0 Å². The van der Waals surface area contributed by atoms with Gasteiger partial charge < -0.3 is 9.88 Å². The fourth-order valence-electron chi connectivity index (χ4n) is 2.61. The zero-order valence-electron chi connectivity index (χ0n) is 12.0. The lowest BCUT2D eigenvalue weighted by molar-refractivity contribution is 0.523. The van der Waals surface area contributed by atoms with Crippen LogP contribution in [0.1, 0.15) is 38.7 Å². The molecule has 2 aromatic rings. The third-order valence-electron chi connectivity index (χ3n) is 3.98. The van der Waals surface area contributed by atoms with Crippen LogP contribution in [0, 0.1) is 5.92 Å². The number of rotatable bonds is 6. The Morgan fingerprint density at radius 2 is 2.11 bits per heavy atom. The molecule has 0 spiro atoms. The molecule has 1 N–H and O–H groups in total. The lowest BCUT2D eigenvalue weighted by atomic mass is 10.1. The molecular weight excluding hydrogens is 232 g/mol. The average molecular weight is 256 g/mol. The van der Waals surface area contributed by atoms with Gasteiger partial charge in [-0.3, -0.25) is 0 Å². The van der Waals surface area contributed by atoms with E-state index in [1.54, 1.807) is 0 Å². The fraction of sp³-hybridized carbons (Fsp3) is 0.529. The molecule has 0 atom stereocenters. The van der Waals surface area contributed by atoms with E-state index in [4.69, 9.17) is 0 Å². The molecule has 1 saturated carbocycles. The van der Waals surface area contributed by atoms with Crippen LogP contribution in [0.4, 0.5) is 0 Å². The molecule has 1 heterocycles. The van der Waals surface area contributed by atoms with Crippen molar-refractivity contribution in [3.05, 3.63) is 36.0 Å². The second-order valence-electron chi connectivity index (χ2n) is 6.20. The molecule has 3 rings (SSSR count). The highest BCUT2D eigenvalue weighted by Gasteiger charge is 2.20. The molecule has 1 aromatic carbocycles. The molecule has 1 aliphatic carbocycles. The molecule has 0 saturated heterocycles. The van der Waals surface area contributed by atoms with E-state index in [0.717, 1.165) is 25.0 Å². The Labute approximate surface area is 115 Å². The molecule has 1 aromatic heterocycles. The first kappa shape index (κ1) is 12.7. The Kier molecular flexibility index (Phi) is 3.61. The Morgan fingerprint density at radius 3 is 2.84 bits per heavy atom. The number of hydrogen-bond acceptors (Lipinski definition) is 1. The zero-order valence-corrected chi connectivity index (χ0v) is 12.0. The minimum Gasteiger partial charge on any atom is -0.347 e. The van der Waals surface area contributed by atoms with Gasteiger partial charge in [-0.1, -0.05) is 32.0 Å². The third kappa shape index (κ3) is 3.01. The van der Waals surface area contributed by atoms with Crippen molar-refractivity contribution < 1.29 is 0 Å². The lowest BCUT2D eigenvalue weighted by Crippen LogP contribution is -2.16. The summed E-state index contributed by atoms with van der Waals surface area (Å²) in [5, 5.41) is 5.01. The molecule has 0 bridgehead atoms. The third-order valence-corrected chi connectivity index (χ3v) is 3.98. The molecule has 102 valence electrons. The lowest BCUT2D eigenvalue weighted by Gasteiger charge is -2.12. The van der Waals surface area contributed by atoms with Crippen LogP contribution in [-0.4, -0.2) is 10.6 Å². The number of nitrogens with zero attached hydrogens (tertiary/aromatic N) is 1. The number of benzene rings is 1. The van der Waals surface area contributed by atoms with Crippen LogP contribution in [0.3, 0.4) is 0 Å². The number of aromatic nitrogens is 1. The van der Waals surface area contributed by atoms with Gasteiger partial charge in [0.15, 0.2) is 0 Å². The van der Waals surface area contributed by atoms with Gasteiger partial charge in [-0.15, -0.1) is 0 Å². The molecule has 0 aliphatic heterocycles. The van der Waals surface area contributed by atoms with E-state index in [0.29, 0.717) is 0 Å². The number of aryl methyl sites for hydroxylation is 1. The van der Waals surface area contributed by atoms with Crippen molar-refractivity contribution in [3.8, 4) is 0 Å². The van der Waals surface area contributed by atoms with Crippen LogP contribution < -0.4 is 5.32 Å². The van der Waals surface area contributed by atoms with Gasteiger partial charge >= 0.3 is 0 Å². The van der Waals surface area contributed by atoms with Gasteiger partial charge in [0.25, 0.3) is 0 Å². The molecule has 0 amide bonds. The van der Waals surface area contributed by atoms with E-state index >= 15 is 0 Å². The zero-order chi connectivity index (χ0) is 13.2. The molecule has 1 aliphatic rings. The molecule has 2 heteroatoms. The highest BCUT2D eigenvalue weighted by Crippen LogP contribution is 2.24. The van der Waals surface area contributed by atoms with Crippen LogP contribution in [0.15, 0.2) is 30.5 Å². The Bertz CT molecular complexity index is 549. The van der Waals surface area contributed by atoms with Crippen LogP contribution in [0.25, 0.3) is 10.9 Å². The number of fused-ring (bicyclic) bond motifs is 1. The van der Waals surface area contributed by atoms with E-state index in [1.165, 1.54) is 35.7 Å². The van der Waals surface area contributed by atoms with Crippen LogP contribution >= 0.6 is 0 Å². The summed E-state index contributed by atoms with van der Waals surface area (Å²) in [7, 11) is 0. The highest BCUT2D eigenvalue weighted by atomic mass is 15.0. The SMILES string of the molecule is CC(C)CCn1ccc2cccc(CNC3CC3)c21. The van der Waals surface area contributed by atoms with Crippen molar-refractivity contribution in [2.45, 2.75) is 52.2 Å². The second-order valence-corrected chi connectivity index (χ2v) is 6.20. The highest BCUT2D eigenvalue weighted by molar-refractivity contribution is 5.83. The van der Waals surface area contributed by atoms with Crippen molar-refractivity contribution in [1.82, 2.24) is 9.88 Å². The summed E-state index contributed by atoms with van der Waals surface area (Å²) in [5.41, 5.74) is 2.87. The van der Waals surface area contributed by atoms with Crippen molar-refractivity contribution >= 4 is 10.9 Å². The molecule has 0 unspecified atom stereocenters. The monoisotopic (exact) mass is 256 g/mol. The maximum Gasteiger partial charge on any atom is 0.0525 e. The largest absolute Gasteiger partial charge is 0.347 e. The summed E-state index contributed by atoms with van der Waals surface area (Å²) < 4.78 is 2.43. The summed E-state index contributed by atoms with van der Waals surface area (Å²) in [5.74, 6) is 0.759. The second kappa shape index (κ2) is 5.38. The predicted octanol–water partition coefficient (Wildman–Crippen LogP) is 3.94. The average Bonchev–Trinajstić information content (AvgIpc) is 3.13. The minimum atomic E-state index is 0.759. The standard InChI is InChI=1S/C17H24N2/c1-13(2)8-10-19-11-9-14-4-3-5-15(17(14)19)12-18-16-6-7-16/h3-5,9,11,13,16,18H,6-8,10,12H2,1-2H3. The molecule has 19 heavy (non-hydrogen) atoms.